The number of carbonyl (C=O) groups excluding carboxylic acids is 1. The van der Waals surface area contributed by atoms with Gasteiger partial charge in [0.2, 0.25) is 5.28 Å². The van der Waals surface area contributed by atoms with Crippen molar-refractivity contribution in [2.45, 2.75) is 47.1 Å². The predicted molar refractivity (Wildman–Crippen MR) is 88.2 cm³/mol. The van der Waals surface area contributed by atoms with Crippen LogP contribution in [-0.4, -0.2) is 28.2 Å². The van der Waals surface area contributed by atoms with E-state index in [1.165, 1.54) is 11.2 Å². The number of halogens is 2. The van der Waals surface area contributed by atoms with Gasteiger partial charge in [0.05, 0.1) is 6.20 Å². The molecule has 0 unspecified atom stereocenters. The van der Waals surface area contributed by atoms with Gasteiger partial charge < -0.3 is 4.74 Å². The van der Waals surface area contributed by atoms with E-state index in [1.54, 1.807) is 20.8 Å². The maximum absolute atomic E-state index is 12.0. The zero-order chi connectivity index (χ0) is 17.1. The minimum Gasteiger partial charge on any atom is -0.443 e. The monoisotopic (exact) mass is 348 g/mol. The SMILES string of the molecule is CC(C)(C)CN(NC(=O)OC(C)(C)C)c1nc(Cl)ncc1Cl. The molecular formula is C14H22Cl2N4O2. The van der Waals surface area contributed by atoms with Crippen molar-refractivity contribution in [2.75, 3.05) is 11.6 Å². The molecule has 1 amide bonds. The third kappa shape index (κ3) is 6.66. The lowest BCUT2D eigenvalue weighted by molar-refractivity contribution is 0.0516. The lowest BCUT2D eigenvalue weighted by atomic mass is 9.97. The number of amides is 1. The summed E-state index contributed by atoms with van der Waals surface area (Å²) in [5.74, 6) is 0.322. The molecule has 6 nitrogen and oxygen atoms in total. The van der Waals surface area contributed by atoms with Gasteiger partial charge in [0.1, 0.15) is 10.6 Å². The Morgan fingerprint density at radius 2 is 1.86 bits per heavy atom. The number of hydrazine groups is 1. The normalized spacial score (nSPS) is 12.0. The van der Waals surface area contributed by atoms with Crippen LogP contribution in [0.5, 0.6) is 0 Å². The van der Waals surface area contributed by atoms with E-state index >= 15 is 0 Å². The molecule has 0 saturated carbocycles. The van der Waals surface area contributed by atoms with Crippen molar-refractivity contribution in [3.8, 4) is 0 Å². The molecule has 0 atom stereocenters. The molecule has 0 bridgehead atoms. The van der Waals surface area contributed by atoms with Gasteiger partial charge in [0.15, 0.2) is 5.82 Å². The molecule has 0 spiro atoms. The summed E-state index contributed by atoms with van der Waals surface area (Å²) in [6, 6.07) is 0. The highest BCUT2D eigenvalue weighted by atomic mass is 35.5. The van der Waals surface area contributed by atoms with Gasteiger partial charge in [0, 0.05) is 6.54 Å². The summed E-state index contributed by atoms with van der Waals surface area (Å²) in [5, 5.41) is 1.85. The Morgan fingerprint density at radius 3 is 2.36 bits per heavy atom. The number of aromatic nitrogens is 2. The van der Waals surface area contributed by atoms with Crippen LogP contribution in [0, 0.1) is 5.41 Å². The fraction of sp³-hybridized carbons (Fsp3) is 0.643. The van der Waals surface area contributed by atoms with Crippen LogP contribution in [-0.2, 0) is 4.74 Å². The van der Waals surface area contributed by atoms with Gasteiger partial charge in [-0.1, -0.05) is 32.4 Å². The summed E-state index contributed by atoms with van der Waals surface area (Å²) in [7, 11) is 0. The summed E-state index contributed by atoms with van der Waals surface area (Å²) in [6.07, 6.45) is 0.793. The largest absolute Gasteiger partial charge is 0.443 e. The number of carbonyl (C=O) groups is 1. The lowest BCUT2D eigenvalue weighted by Crippen LogP contribution is -2.48. The number of anilines is 1. The van der Waals surface area contributed by atoms with Crippen LogP contribution in [0.4, 0.5) is 10.6 Å². The van der Waals surface area contributed by atoms with Gasteiger partial charge in [-0.15, -0.1) is 0 Å². The zero-order valence-corrected chi connectivity index (χ0v) is 15.2. The summed E-state index contributed by atoms with van der Waals surface area (Å²) in [6.45, 7) is 11.9. The molecule has 0 saturated heterocycles. The average Bonchev–Trinajstić information content (AvgIpc) is 2.27. The number of hydrogen-bond acceptors (Lipinski definition) is 5. The van der Waals surface area contributed by atoms with Gasteiger partial charge in [-0.05, 0) is 37.8 Å². The van der Waals surface area contributed by atoms with E-state index < -0.39 is 11.7 Å². The second-order valence-electron chi connectivity index (χ2n) is 7.07. The van der Waals surface area contributed by atoms with E-state index in [0.29, 0.717) is 12.4 Å². The van der Waals surface area contributed by atoms with Crippen molar-refractivity contribution in [1.82, 2.24) is 15.4 Å². The number of rotatable bonds is 3. The Bertz CT molecular complexity index is 539. The molecule has 1 N–H and O–H groups in total. The predicted octanol–water partition coefficient (Wildman–Crippen LogP) is 4.08. The summed E-state index contributed by atoms with van der Waals surface area (Å²) >= 11 is 11.9. The first kappa shape index (κ1) is 18.8. The second-order valence-corrected chi connectivity index (χ2v) is 7.82. The van der Waals surface area contributed by atoms with Crippen LogP contribution in [0.25, 0.3) is 0 Å². The molecule has 0 aromatic carbocycles. The fourth-order valence-electron chi connectivity index (χ4n) is 1.58. The Labute approximate surface area is 141 Å². The quantitative estimate of drug-likeness (QED) is 0.658. The smallest absolute Gasteiger partial charge is 0.426 e. The molecule has 0 aliphatic heterocycles. The second kappa shape index (κ2) is 6.87. The van der Waals surface area contributed by atoms with Crippen LogP contribution in [0.1, 0.15) is 41.5 Å². The van der Waals surface area contributed by atoms with Crippen LogP contribution in [0.3, 0.4) is 0 Å². The van der Waals surface area contributed by atoms with Crippen LogP contribution < -0.4 is 10.4 Å². The first-order valence-electron chi connectivity index (χ1n) is 6.83. The van der Waals surface area contributed by atoms with Gasteiger partial charge in [-0.3, -0.25) is 5.01 Å². The molecule has 0 aliphatic rings. The molecule has 0 radical (unpaired) electrons. The molecule has 1 heterocycles. The Balaban J connectivity index is 3.03. The maximum atomic E-state index is 12.0. The number of ether oxygens (including phenoxy) is 1. The van der Waals surface area contributed by atoms with Crippen LogP contribution in [0.2, 0.25) is 10.3 Å². The van der Waals surface area contributed by atoms with Gasteiger partial charge >= 0.3 is 6.09 Å². The molecule has 0 fully saturated rings. The minimum atomic E-state index is -0.607. The Kier molecular flexibility index (Phi) is 5.87. The minimum absolute atomic E-state index is 0.0456. The van der Waals surface area contributed by atoms with E-state index in [2.05, 4.69) is 15.4 Å². The average molecular weight is 349 g/mol. The summed E-state index contributed by atoms with van der Waals surface area (Å²) in [4.78, 5) is 19.9. The van der Waals surface area contributed by atoms with Crippen LogP contribution >= 0.6 is 23.2 Å². The Hall–Kier alpha value is -1.27. The number of hydrogen-bond donors (Lipinski definition) is 1. The van der Waals surface area contributed by atoms with Crippen molar-refractivity contribution < 1.29 is 9.53 Å². The molecule has 0 aliphatic carbocycles. The highest BCUT2D eigenvalue weighted by molar-refractivity contribution is 6.33. The zero-order valence-electron chi connectivity index (χ0n) is 13.7. The Morgan fingerprint density at radius 1 is 1.27 bits per heavy atom. The van der Waals surface area contributed by atoms with Gasteiger partial charge in [-0.25, -0.2) is 15.2 Å². The van der Waals surface area contributed by atoms with Crippen LogP contribution in [0.15, 0.2) is 6.20 Å². The van der Waals surface area contributed by atoms with Crippen molar-refractivity contribution in [3.63, 3.8) is 0 Å². The number of nitrogens with one attached hydrogen (secondary N) is 1. The van der Waals surface area contributed by atoms with Crippen molar-refractivity contribution in [3.05, 3.63) is 16.5 Å². The molecule has 1 aromatic rings. The van der Waals surface area contributed by atoms with Crippen molar-refractivity contribution >= 4 is 35.1 Å². The third-order valence-corrected chi connectivity index (χ3v) is 2.66. The first-order valence-corrected chi connectivity index (χ1v) is 7.58. The highest BCUT2D eigenvalue weighted by Gasteiger charge is 2.24. The molecule has 124 valence electrons. The molecule has 1 aromatic heterocycles. The topological polar surface area (TPSA) is 67.4 Å². The first-order chi connectivity index (χ1) is 9.87. The van der Waals surface area contributed by atoms with E-state index in [9.17, 15) is 4.79 Å². The highest BCUT2D eigenvalue weighted by Crippen LogP contribution is 2.26. The summed E-state index contributed by atoms with van der Waals surface area (Å²) < 4.78 is 5.26. The standard InChI is InChI=1S/C14H22Cl2N4O2/c1-13(2,3)8-20(19-12(21)22-14(4,5)6)10-9(15)7-17-11(16)18-10/h7H,8H2,1-6H3,(H,19,21). The lowest BCUT2D eigenvalue weighted by Gasteiger charge is -2.32. The summed E-state index contributed by atoms with van der Waals surface area (Å²) in [5.41, 5.74) is 1.92. The van der Waals surface area contributed by atoms with Gasteiger partial charge in [-0.2, -0.15) is 4.98 Å². The van der Waals surface area contributed by atoms with Crippen molar-refractivity contribution in [2.24, 2.45) is 5.41 Å². The van der Waals surface area contributed by atoms with E-state index in [4.69, 9.17) is 27.9 Å². The van der Waals surface area contributed by atoms with E-state index in [1.807, 2.05) is 20.8 Å². The number of nitrogens with zero attached hydrogens (tertiary/aromatic N) is 3. The molecule has 1 rings (SSSR count). The van der Waals surface area contributed by atoms with E-state index in [0.717, 1.165) is 0 Å². The molecule has 22 heavy (non-hydrogen) atoms. The maximum Gasteiger partial charge on any atom is 0.426 e. The molecule has 8 heteroatoms. The van der Waals surface area contributed by atoms with E-state index in [-0.39, 0.29) is 15.7 Å². The third-order valence-electron chi connectivity index (χ3n) is 2.21. The molecular weight excluding hydrogens is 327 g/mol. The fourth-order valence-corrected chi connectivity index (χ4v) is 1.90. The van der Waals surface area contributed by atoms with Crippen molar-refractivity contribution in [1.29, 1.82) is 0 Å². The van der Waals surface area contributed by atoms with Gasteiger partial charge in [0.25, 0.3) is 0 Å².